The van der Waals surface area contributed by atoms with Gasteiger partial charge in [0.2, 0.25) is 0 Å². The van der Waals surface area contributed by atoms with E-state index in [0.717, 1.165) is 11.1 Å². The van der Waals surface area contributed by atoms with Crippen LogP contribution in [-0.4, -0.2) is 5.97 Å². The smallest absolute Gasteiger partial charge is 0.339 e. The Morgan fingerprint density at radius 1 is 1.06 bits per heavy atom. The zero-order valence-electron chi connectivity index (χ0n) is 9.46. The third kappa shape index (κ3) is 1.56. The van der Waals surface area contributed by atoms with Crippen LogP contribution in [0.15, 0.2) is 48.5 Å². The van der Waals surface area contributed by atoms with E-state index in [1.54, 1.807) is 18.2 Å². The summed E-state index contributed by atoms with van der Waals surface area (Å²) in [6.07, 6.45) is -0.360. The molecule has 0 saturated carbocycles. The largest absolute Gasteiger partial charge is 0.449 e. The number of hydrogen-bond donors (Lipinski definition) is 0. The Labute approximate surface area is 104 Å². The van der Waals surface area contributed by atoms with E-state index in [1.165, 1.54) is 0 Å². The Kier molecular flexibility index (Phi) is 2.35. The molecule has 0 bridgehead atoms. The van der Waals surface area contributed by atoms with Crippen LogP contribution in [0.4, 0.5) is 0 Å². The summed E-state index contributed by atoms with van der Waals surface area (Å²) in [7, 11) is 0. The molecule has 0 aliphatic carbocycles. The number of fused-ring (bicyclic) bond motifs is 1. The minimum atomic E-state index is -0.360. The van der Waals surface area contributed by atoms with E-state index < -0.39 is 0 Å². The van der Waals surface area contributed by atoms with Crippen molar-refractivity contribution < 1.29 is 9.53 Å². The summed E-state index contributed by atoms with van der Waals surface area (Å²) in [5, 5.41) is 8.76. The summed E-state index contributed by atoms with van der Waals surface area (Å²) in [4.78, 5) is 11.7. The van der Waals surface area contributed by atoms with E-state index in [4.69, 9.17) is 10.00 Å². The lowest BCUT2D eigenvalue weighted by molar-refractivity contribution is 0.0456. The molecule has 3 nitrogen and oxygen atoms in total. The third-order valence-electron chi connectivity index (χ3n) is 3.03. The molecule has 1 aliphatic heterocycles. The molecule has 1 aliphatic rings. The van der Waals surface area contributed by atoms with Gasteiger partial charge in [-0.05, 0) is 23.8 Å². The molecule has 0 saturated heterocycles. The monoisotopic (exact) mass is 235 g/mol. The van der Waals surface area contributed by atoms with Crippen LogP contribution in [0, 0.1) is 11.3 Å². The molecule has 0 fully saturated rings. The van der Waals surface area contributed by atoms with Crippen molar-refractivity contribution in [3.8, 4) is 6.07 Å². The zero-order valence-corrected chi connectivity index (χ0v) is 9.46. The molecule has 3 rings (SSSR count). The summed E-state index contributed by atoms with van der Waals surface area (Å²) in [5.41, 5.74) is 2.97. The van der Waals surface area contributed by atoms with Gasteiger partial charge in [0, 0.05) is 5.56 Å². The molecule has 1 atom stereocenters. The average molecular weight is 235 g/mol. The van der Waals surface area contributed by atoms with Crippen molar-refractivity contribution in [1.82, 2.24) is 0 Å². The predicted molar refractivity (Wildman–Crippen MR) is 64.9 cm³/mol. The van der Waals surface area contributed by atoms with Crippen molar-refractivity contribution in [3.63, 3.8) is 0 Å². The maximum absolute atomic E-state index is 11.7. The quantitative estimate of drug-likeness (QED) is 0.714. The van der Waals surface area contributed by atoms with Crippen molar-refractivity contribution in [2.75, 3.05) is 0 Å². The predicted octanol–water partition coefficient (Wildman–Crippen LogP) is 2.82. The number of carbonyl (C=O) groups excluding carboxylic acids is 1. The lowest BCUT2D eigenvalue weighted by Gasteiger charge is -2.10. The van der Waals surface area contributed by atoms with Gasteiger partial charge in [-0.2, -0.15) is 5.26 Å². The highest BCUT2D eigenvalue weighted by Crippen LogP contribution is 2.35. The highest BCUT2D eigenvalue weighted by atomic mass is 16.5. The van der Waals surface area contributed by atoms with E-state index in [-0.39, 0.29) is 12.1 Å². The number of benzene rings is 2. The summed E-state index contributed by atoms with van der Waals surface area (Å²) in [6.45, 7) is 0. The van der Waals surface area contributed by atoms with E-state index in [0.29, 0.717) is 11.1 Å². The Balaban J connectivity index is 2.04. The topological polar surface area (TPSA) is 50.1 Å². The molecule has 1 heterocycles. The summed E-state index contributed by atoms with van der Waals surface area (Å²) < 4.78 is 5.37. The number of ether oxygens (including phenoxy) is 1. The fourth-order valence-electron chi connectivity index (χ4n) is 2.13. The van der Waals surface area contributed by atoms with E-state index in [9.17, 15) is 4.79 Å². The zero-order chi connectivity index (χ0) is 12.5. The molecule has 0 radical (unpaired) electrons. The molecule has 0 spiro atoms. The molecular formula is C15H9NO2. The second-order valence-electron chi connectivity index (χ2n) is 4.11. The first-order valence-electron chi connectivity index (χ1n) is 5.59. The molecule has 0 amide bonds. The first-order valence-corrected chi connectivity index (χ1v) is 5.59. The van der Waals surface area contributed by atoms with Crippen LogP contribution in [-0.2, 0) is 4.74 Å². The summed E-state index contributed by atoms with van der Waals surface area (Å²) in [6, 6.07) is 16.5. The number of cyclic esters (lactones) is 1. The number of hydrogen-bond acceptors (Lipinski definition) is 3. The van der Waals surface area contributed by atoms with Crippen molar-refractivity contribution in [1.29, 1.82) is 5.26 Å². The highest BCUT2D eigenvalue weighted by molar-refractivity contribution is 5.94. The first kappa shape index (κ1) is 10.5. The minimum absolute atomic E-state index is 0.292. The normalized spacial score (nSPS) is 16.8. The SMILES string of the molecule is N#Cc1ccc([C@H]2OC(=O)c3ccccc32)cc1. The number of nitrogens with zero attached hydrogens (tertiary/aromatic N) is 1. The van der Waals surface area contributed by atoms with Crippen molar-refractivity contribution >= 4 is 5.97 Å². The average Bonchev–Trinajstić information content (AvgIpc) is 2.77. The van der Waals surface area contributed by atoms with Crippen molar-refractivity contribution in [3.05, 3.63) is 70.8 Å². The number of carbonyl (C=O) groups is 1. The second-order valence-corrected chi connectivity index (χ2v) is 4.11. The van der Waals surface area contributed by atoms with Gasteiger partial charge >= 0.3 is 5.97 Å². The van der Waals surface area contributed by atoms with Gasteiger partial charge in [0.05, 0.1) is 17.2 Å². The Morgan fingerprint density at radius 3 is 2.50 bits per heavy atom. The maximum Gasteiger partial charge on any atom is 0.339 e. The van der Waals surface area contributed by atoms with E-state index in [1.807, 2.05) is 30.3 Å². The van der Waals surface area contributed by atoms with E-state index in [2.05, 4.69) is 6.07 Å². The van der Waals surface area contributed by atoms with E-state index >= 15 is 0 Å². The fourth-order valence-corrected chi connectivity index (χ4v) is 2.13. The molecule has 3 heteroatoms. The molecular weight excluding hydrogens is 226 g/mol. The number of esters is 1. The highest BCUT2D eigenvalue weighted by Gasteiger charge is 2.31. The van der Waals surface area contributed by atoms with Crippen LogP contribution < -0.4 is 0 Å². The van der Waals surface area contributed by atoms with Crippen LogP contribution in [0.3, 0.4) is 0 Å². The number of rotatable bonds is 1. The van der Waals surface area contributed by atoms with Gasteiger partial charge in [-0.1, -0.05) is 30.3 Å². The first-order chi connectivity index (χ1) is 8.79. The Hall–Kier alpha value is -2.60. The minimum Gasteiger partial charge on any atom is -0.449 e. The van der Waals surface area contributed by atoms with Gasteiger partial charge in [-0.15, -0.1) is 0 Å². The summed E-state index contributed by atoms with van der Waals surface area (Å²) in [5.74, 6) is -0.292. The Morgan fingerprint density at radius 2 is 1.78 bits per heavy atom. The second kappa shape index (κ2) is 4.01. The van der Waals surface area contributed by atoms with Gasteiger partial charge in [0.1, 0.15) is 0 Å². The molecule has 0 N–H and O–H groups in total. The van der Waals surface area contributed by atoms with Gasteiger partial charge in [0.15, 0.2) is 6.10 Å². The molecule has 18 heavy (non-hydrogen) atoms. The third-order valence-corrected chi connectivity index (χ3v) is 3.03. The molecule has 2 aromatic carbocycles. The molecule has 0 unspecified atom stereocenters. The lowest BCUT2D eigenvalue weighted by Crippen LogP contribution is -2.00. The van der Waals surface area contributed by atoms with Crippen molar-refractivity contribution in [2.45, 2.75) is 6.10 Å². The van der Waals surface area contributed by atoms with Crippen LogP contribution in [0.5, 0.6) is 0 Å². The fraction of sp³-hybridized carbons (Fsp3) is 0.0667. The molecule has 2 aromatic rings. The Bertz CT molecular complexity index is 653. The van der Waals surface area contributed by atoms with Gasteiger partial charge in [-0.3, -0.25) is 0 Å². The van der Waals surface area contributed by atoms with Crippen LogP contribution in [0.2, 0.25) is 0 Å². The molecule has 86 valence electrons. The van der Waals surface area contributed by atoms with Crippen molar-refractivity contribution in [2.24, 2.45) is 0 Å². The summed E-state index contributed by atoms with van der Waals surface area (Å²) >= 11 is 0. The van der Waals surface area contributed by atoms with Gasteiger partial charge in [0.25, 0.3) is 0 Å². The van der Waals surface area contributed by atoms with Gasteiger partial charge in [-0.25, -0.2) is 4.79 Å². The lowest BCUT2D eigenvalue weighted by atomic mass is 9.99. The van der Waals surface area contributed by atoms with Crippen LogP contribution >= 0.6 is 0 Å². The standard InChI is InChI=1S/C15H9NO2/c16-9-10-5-7-11(8-6-10)14-12-3-1-2-4-13(12)15(17)18-14/h1-8,14H/t14-/m1/s1. The number of nitriles is 1. The van der Waals surface area contributed by atoms with Gasteiger partial charge < -0.3 is 4.74 Å². The van der Waals surface area contributed by atoms with Crippen LogP contribution in [0.25, 0.3) is 0 Å². The molecule has 0 aromatic heterocycles. The van der Waals surface area contributed by atoms with Crippen LogP contribution in [0.1, 0.15) is 33.2 Å². The maximum atomic E-state index is 11.7.